The molecule has 29 heavy (non-hydrogen) atoms. The van der Waals surface area contributed by atoms with Crippen molar-refractivity contribution in [3.8, 4) is 0 Å². The van der Waals surface area contributed by atoms with Crippen LogP contribution in [0.5, 0.6) is 0 Å². The standard InChI is InChI=1S/C22H27N3O2S2/c1-2-27-21(26)19-17-10-6-7-11-18(17)29-20(19)23-22(28)25-14-12-24(13-15-25)16-8-4-3-5-9-16/h3-5,8-9H,2,6-7,10-15H2,1H3,(H,23,28). The van der Waals surface area contributed by atoms with Crippen molar-refractivity contribution >= 4 is 45.3 Å². The van der Waals surface area contributed by atoms with Crippen molar-refractivity contribution < 1.29 is 9.53 Å². The number of benzene rings is 1. The third kappa shape index (κ3) is 4.41. The Labute approximate surface area is 181 Å². The largest absolute Gasteiger partial charge is 0.462 e. The molecule has 0 bridgehead atoms. The van der Waals surface area contributed by atoms with E-state index in [0.717, 1.165) is 50.4 Å². The number of para-hydroxylation sites is 1. The number of thiophene rings is 1. The molecule has 1 aliphatic carbocycles. The van der Waals surface area contributed by atoms with Crippen LogP contribution in [0.4, 0.5) is 10.7 Å². The van der Waals surface area contributed by atoms with Crippen LogP contribution in [0.15, 0.2) is 30.3 Å². The molecule has 2 heterocycles. The van der Waals surface area contributed by atoms with Gasteiger partial charge in [-0.05, 0) is 62.5 Å². The number of thiocarbonyl (C=S) groups is 1. The summed E-state index contributed by atoms with van der Waals surface area (Å²) in [5.74, 6) is -0.230. The Kier molecular flexibility index (Phi) is 6.35. The molecule has 5 nitrogen and oxygen atoms in total. The first-order chi connectivity index (χ1) is 14.2. The minimum atomic E-state index is -0.230. The van der Waals surface area contributed by atoms with E-state index in [4.69, 9.17) is 17.0 Å². The number of esters is 1. The van der Waals surface area contributed by atoms with E-state index in [1.165, 1.54) is 22.5 Å². The maximum atomic E-state index is 12.6. The third-order valence-corrected chi connectivity index (χ3v) is 7.13. The van der Waals surface area contributed by atoms with Gasteiger partial charge in [0.1, 0.15) is 5.00 Å². The quantitative estimate of drug-likeness (QED) is 0.577. The highest BCUT2D eigenvalue weighted by Crippen LogP contribution is 2.38. The van der Waals surface area contributed by atoms with Crippen molar-refractivity contribution in [1.82, 2.24) is 4.90 Å². The first-order valence-corrected chi connectivity index (χ1v) is 11.6. The van der Waals surface area contributed by atoms with Crippen LogP contribution in [0, 0.1) is 0 Å². The second kappa shape index (κ2) is 9.13. The highest BCUT2D eigenvalue weighted by atomic mass is 32.1. The van der Waals surface area contributed by atoms with E-state index >= 15 is 0 Å². The summed E-state index contributed by atoms with van der Waals surface area (Å²) in [7, 11) is 0. The lowest BCUT2D eigenvalue weighted by Gasteiger charge is -2.37. The molecule has 1 aliphatic heterocycles. The Morgan fingerprint density at radius 3 is 2.59 bits per heavy atom. The van der Waals surface area contributed by atoms with Gasteiger partial charge in [-0.15, -0.1) is 11.3 Å². The predicted octanol–water partition coefficient (Wildman–Crippen LogP) is 4.32. The van der Waals surface area contributed by atoms with Gasteiger partial charge in [-0.3, -0.25) is 0 Å². The summed E-state index contributed by atoms with van der Waals surface area (Å²) in [5.41, 5.74) is 3.12. The number of anilines is 2. The van der Waals surface area contributed by atoms with Crippen molar-refractivity contribution in [2.75, 3.05) is 43.0 Å². The van der Waals surface area contributed by atoms with Crippen LogP contribution in [0.2, 0.25) is 0 Å². The monoisotopic (exact) mass is 429 g/mol. The van der Waals surface area contributed by atoms with Gasteiger partial charge in [0, 0.05) is 36.7 Å². The number of hydrogen-bond acceptors (Lipinski definition) is 5. The predicted molar refractivity (Wildman–Crippen MR) is 123 cm³/mol. The number of nitrogens with zero attached hydrogens (tertiary/aromatic N) is 2. The van der Waals surface area contributed by atoms with Crippen LogP contribution in [0.3, 0.4) is 0 Å². The van der Waals surface area contributed by atoms with E-state index in [1.54, 1.807) is 11.3 Å². The van der Waals surface area contributed by atoms with Crippen molar-refractivity contribution in [2.45, 2.75) is 32.6 Å². The summed E-state index contributed by atoms with van der Waals surface area (Å²) in [6.07, 6.45) is 4.29. The van der Waals surface area contributed by atoms with Gasteiger partial charge >= 0.3 is 5.97 Å². The lowest BCUT2D eigenvalue weighted by molar-refractivity contribution is 0.0526. The SMILES string of the molecule is CCOC(=O)c1c(NC(=S)N2CCN(c3ccccc3)CC2)sc2c1CCCC2. The van der Waals surface area contributed by atoms with Crippen LogP contribution in [0.25, 0.3) is 0 Å². The van der Waals surface area contributed by atoms with Gasteiger partial charge in [0.05, 0.1) is 12.2 Å². The molecular formula is C22H27N3O2S2. The molecule has 1 N–H and O–H groups in total. The number of ether oxygens (including phenoxy) is 1. The second-order valence-electron chi connectivity index (χ2n) is 7.38. The number of piperazine rings is 1. The summed E-state index contributed by atoms with van der Waals surface area (Å²) in [6, 6.07) is 10.5. The van der Waals surface area contributed by atoms with E-state index in [9.17, 15) is 4.79 Å². The Bertz CT molecular complexity index is 874. The maximum absolute atomic E-state index is 12.6. The number of rotatable bonds is 4. The van der Waals surface area contributed by atoms with Crippen LogP contribution in [0.1, 0.15) is 40.6 Å². The van der Waals surface area contributed by atoms with Gasteiger partial charge < -0.3 is 19.9 Å². The Morgan fingerprint density at radius 1 is 1.14 bits per heavy atom. The van der Waals surface area contributed by atoms with Gasteiger partial charge in [-0.25, -0.2) is 4.79 Å². The molecular weight excluding hydrogens is 402 g/mol. The molecule has 1 aromatic heterocycles. The second-order valence-corrected chi connectivity index (χ2v) is 8.87. The Hall–Kier alpha value is -2.12. The van der Waals surface area contributed by atoms with Crippen LogP contribution in [-0.4, -0.2) is 48.8 Å². The fourth-order valence-corrected chi connectivity index (χ4v) is 5.68. The zero-order valence-corrected chi connectivity index (χ0v) is 18.4. The normalized spacial score (nSPS) is 16.3. The number of fused-ring (bicyclic) bond motifs is 1. The highest BCUT2D eigenvalue weighted by molar-refractivity contribution is 7.80. The number of nitrogens with one attached hydrogen (secondary N) is 1. The third-order valence-electron chi connectivity index (χ3n) is 5.56. The zero-order valence-electron chi connectivity index (χ0n) is 16.8. The topological polar surface area (TPSA) is 44.8 Å². The van der Waals surface area contributed by atoms with Crippen LogP contribution >= 0.6 is 23.6 Å². The summed E-state index contributed by atoms with van der Waals surface area (Å²) < 4.78 is 5.35. The molecule has 0 amide bonds. The van der Waals surface area contributed by atoms with E-state index in [2.05, 4.69) is 39.4 Å². The van der Waals surface area contributed by atoms with Crippen LogP contribution < -0.4 is 10.2 Å². The van der Waals surface area contributed by atoms with E-state index in [0.29, 0.717) is 17.3 Å². The van der Waals surface area contributed by atoms with Gasteiger partial charge in [0.2, 0.25) is 0 Å². The van der Waals surface area contributed by atoms with E-state index in [1.807, 2.05) is 13.0 Å². The van der Waals surface area contributed by atoms with Gasteiger partial charge in [-0.1, -0.05) is 18.2 Å². The van der Waals surface area contributed by atoms with Crippen molar-refractivity contribution in [3.63, 3.8) is 0 Å². The lowest BCUT2D eigenvalue weighted by atomic mass is 9.95. The Morgan fingerprint density at radius 2 is 1.86 bits per heavy atom. The van der Waals surface area contributed by atoms with Crippen molar-refractivity contribution in [3.05, 3.63) is 46.3 Å². The Balaban J connectivity index is 1.45. The summed E-state index contributed by atoms with van der Waals surface area (Å²) in [5, 5.41) is 4.94. The summed E-state index contributed by atoms with van der Waals surface area (Å²) in [6.45, 7) is 5.81. The molecule has 1 aromatic carbocycles. The fourth-order valence-electron chi connectivity index (χ4n) is 4.06. The molecule has 0 radical (unpaired) electrons. The first-order valence-electron chi connectivity index (χ1n) is 10.3. The van der Waals surface area contributed by atoms with Crippen molar-refractivity contribution in [2.24, 2.45) is 0 Å². The molecule has 2 aliphatic rings. The average molecular weight is 430 g/mol. The van der Waals surface area contributed by atoms with E-state index < -0.39 is 0 Å². The van der Waals surface area contributed by atoms with Crippen LogP contribution in [-0.2, 0) is 17.6 Å². The minimum Gasteiger partial charge on any atom is -0.462 e. The molecule has 154 valence electrons. The van der Waals surface area contributed by atoms with Gasteiger partial charge in [-0.2, -0.15) is 0 Å². The molecule has 0 saturated carbocycles. The smallest absolute Gasteiger partial charge is 0.341 e. The molecule has 0 spiro atoms. The molecule has 1 saturated heterocycles. The molecule has 0 atom stereocenters. The molecule has 2 aromatic rings. The van der Waals surface area contributed by atoms with Gasteiger partial charge in [0.15, 0.2) is 5.11 Å². The first kappa shape index (κ1) is 20.2. The zero-order chi connectivity index (χ0) is 20.2. The number of hydrogen-bond donors (Lipinski definition) is 1. The van der Waals surface area contributed by atoms with E-state index in [-0.39, 0.29) is 5.97 Å². The maximum Gasteiger partial charge on any atom is 0.341 e. The molecule has 7 heteroatoms. The lowest BCUT2D eigenvalue weighted by Crippen LogP contribution is -2.50. The number of carbonyl (C=O) groups is 1. The summed E-state index contributed by atoms with van der Waals surface area (Å²) in [4.78, 5) is 18.5. The fraction of sp³-hybridized carbons (Fsp3) is 0.455. The summed E-state index contributed by atoms with van der Waals surface area (Å²) >= 11 is 7.38. The minimum absolute atomic E-state index is 0.230. The molecule has 0 unspecified atom stereocenters. The molecule has 1 fully saturated rings. The van der Waals surface area contributed by atoms with Gasteiger partial charge in [0.25, 0.3) is 0 Å². The van der Waals surface area contributed by atoms with Crippen molar-refractivity contribution in [1.29, 1.82) is 0 Å². The number of carbonyl (C=O) groups excluding carboxylic acids is 1. The highest BCUT2D eigenvalue weighted by Gasteiger charge is 2.28. The average Bonchev–Trinajstić information content (AvgIpc) is 3.12. The number of aryl methyl sites for hydroxylation is 1. The molecule has 4 rings (SSSR count).